The van der Waals surface area contributed by atoms with Gasteiger partial charge in [-0.15, -0.1) is 0 Å². The number of hydrogen-bond acceptors (Lipinski definition) is 4. The molecule has 0 spiro atoms. The van der Waals surface area contributed by atoms with Gasteiger partial charge in [-0.1, -0.05) is 49.6 Å². The van der Waals surface area contributed by atoms with E-state index >= 15 is 0 Å². The van der Waals surface area contributed by atoms with Crippen LogP contribution in [0.3, 0.4) is 0 Å². The number of hydrogen-bond donors (Lipinski definition) is 1. The summed E-state index contributed by atoms with van der Waals surface area (Å²) in [5.74, 6) is 3.28. The van der Waals surface area contributed by atoms with Crippen LogP contribution in [0, 0.1) is 11.8 Å². The van der Waals surface area contributed by atoms with Gasteiger partial charge in [0.15, 0.2) is 11.5 Å². The summed E-state index contributed by atoms with van der Waals surface area (Å²) >= 11 is 0. The van der Waals surface area contributed by atoms with Gasteiger partial charge < -0.3 is 19.9 Å². The van der Waals surface area contributed by atoms with E-state index in [1.807, 2.05) is 18.2 Å². The molecule has 0 bridgehead atoms. The van der Waals surface area contributed by atoms with Crippen LogP contribution in [0.4, 0.5) is 0 Å². The Bertz CT molecular complexity index is 815. The van der Waals surface area contributed by atoms with Crippen LogP contribution < -0.4 is 19.9 Å². The maximum absolute atomic E-state index is 6.76. The number of ether oxygens (including phenoxy) is 3. The Hall–Kier alpha value is -2.20. The van der Waals surface area contributed by atoms with Crippen LogP contribution >= 0.6 is 0 Å². The average molecular weight is 410 g/mol. The van der Waals surface area contributed by atoms with Gasteiger partial charge in [0.1, 0.15) is 6.10 Å². The van der Waals surface area contributed by atoms with Gasteiger partial charge in [0.25, 0.3) is 0 Å². The Kier molecular flexibility index (Phi) is 6.83. The third kappa shape index (κ3) is 4.59. The van der Waals surface area contributed by atoms with Crippen molar-refractivity contribution in [1.82, 2.24) is 0 Å². The molecule has 0 radical (unpaired) electrons. The Morgan fingerprint density at radius 2 is 1.63 bits per heavy atom. The van der Waals surface area contributed by atoms with Gasteiger partial charge in [0.2, 0.25) is 5.75 Å². The third-order valence-corrected chi connectivity index (χ3v) is 6.91. The molecule has 30 heavy (non-hydrogen) atoms. The zero-order valence-electron chi connectivity index (χ0n) is 18.3. The molecule has 2 N–H and O–H groups in total. The van der Waals surface area contributed by atoms with Crippen molar-refractivity contribution >= 4 is 0 Å². The fraction of sp³-hybridized carbons (Fsp3) is 0.538. The Morgan fingerprint density at radius 3 is 2.40 bits per heavy atom. The fourth-order valence-electron chi connectivity index (χ4n) is 5.39. The average Bonchev–Trinajstić information content (AvgIpc) is 2.98. The molecule has 4 heteroatoms. The Balaban J connectivity index is 1.64. The van der Waals surface area contributed by atoms with Gasteiger partial charge in [-0.3, -0.25) is 0 Å². The lowest BCUT2D eigenvalue weighted by Crippen LogP contribution is -2.29. The third-order valence-electron chi connectivity index (χ3n) is 6.91. The molecule has 0 aromatic heterocycles. The van der Waals surface area contributed by atoms with Crippen molar-refractivity contribution in [1.29, 1.82) is 0 Å². The smallest absolute Gasteiger partial charge is 0.204 e. The highest BCUT2D eigenvalue weighted by molar-refractivity contribution is 5.51. The molecule has 162 valence electrons. The van der Waals surface area contributed by atoms with E-state index in [9.17, 15) is 0 Å². The first kappa shape index (κ1) is 21.0. The van der Waals surface area contributed by atoms with Crippen molar-refractivity contribution in [2.24, 2.45) is 17.6 Å². The molecule has 2 aromatic carbocycles. The predicted molar refractivity (Wildman–Crippen MR) is 120 cm³/mol. The second-order valence-electron chi connectivity index (χ2n) is 8.91. The molecule has 0 aliphatic heterocycles. The summed E-state index contributed by atoms with van der Waals surface area (Å²) < 4.78 is 18.0. The van der Waals surface area contributed by atoms with E-state index in [4.69, 9.17) is 19.9 Å². The zero-order valence-corrected chi connectivity index (χ0v) is 18.3. The molecule has 0 heterocycles. The number of benzene rings is 2. The van der Waals surface area contributed by atoms with E-state index in [2.05, 4.69) is 24.3 Å². The maximum atomic E-state index is 6.76. The molecule has 0 amide bonds. The van der Waals surface area contributed by atoms with E-state index < -0.39 is 0 Å². The van der Waals surface area contributed by atoms with Crippen LogP contribution in [-0.4, -0.2) is 20.3 Å². The quantitative estimate of drug-likeness (QED) is 0.623. The molecule has 1 fully saturated rings. The van der Waals surface area contributed by atoms with E-state index in [0.717, 1.165) is 19.3 Å². The van der Waals surface area contributed by atoms with Crippen LogP contribution in [0.2, 0.25) is 0 Å². The molecule has 1 saturated carbocycles. The second kappa shape index (κ2) is 9.74. The van der Waals surface area contributed by atoms with E-state index in [1.165, 1.54) is 43.2 Å². The van der Waals surface area contributed by atoms with Crippen molar-refractivity contribution in [3.05, 3.63) is 53.6 Å². The first-order valence-electron chi connectivity index (χ1n) is 11.4. The molecule has 2 aliphatic carbocycles. The highest BCUT2D eigenvalue weighted by Crippen LogP contribution is 2.46. The largest absolute Gasteiger partial charge is 0.493 e. The summed E-state index contributed by atoms with van der Waals surface area (Å²) in [6.07, 6.45) is 9.59. The van der Waals surface area contributed by atoms with E-state index in [-0.39, 0.29) is 6.10 Å². The molecule has 4 atom stereocenters. The number of methoxy groups -OCH3 is 2. The standard InChI is InChI=1S/C26H35NO3/c1-28-23-12-7-13-24(29-2)26(23)30-25-20(15-14-19-9-4-6-11-22(19)25)16-18-8-3-5-10-21(27)17-18/h4,6-7,9,11-13,18,20-21,25H,3,5,8,10,14-17,27H2,1-2H3/t18?,20-,21-,25-/m1/s1. The second-order valence-corrected chi connectivity index (χ2v) is 8.91. The highest BCUT2D eigenvalue weighted by atomic mass is 16.5. The van der Waals surface area contributed by atoms with Crippen LogP contribution in [0.25, 0.3) is 0 Å². The van der Waals surface area contributed by atoms with Gasteiger partial charge in [-0.05, 0) is 61.3 Å². The molecule has 1 unspecified atom stereocenters. The van der Waals surface area contributed by atoms with Gasteiger partial charge in [-0.25, -0.2) is 0 Å². The van der Waals surface area contributed by atoms with Crippen molar-refractivity contribution in [3.8, 4) is 17.2 Å². The number of fused-ring (bicyclic) bond motifs is 1. The summed E-state index contributed by atoms with van der Waals surface area (Å²) in [6.45, 7) is 0. The summed E-state index contributed by atoms with van der Waals surface area (Å²) in [5.41, 5.74) is 9.08. The van der Waals surface area contributed by atoms with Crippen molar-refractivity contribution < 1.29 is 14.2 Å². The van der Waals surface area contributed by atoms with Crippen LogP contribution in [0.5, 0.6) is 17.2 Å². The van der Waals surface area contributed by atoms with Gasteiger partial charge in [0, 0.05) is 12.0 Å². The first-order chi connectivity index (χ1) is 14.7. The number of rotatable bonds is 6. The van der Waals surface area contributed by atoms with Gasteiger partial charge in [-0.2, -0.15) is 0 Å². The van der Waals surface area contributed by atoms with Crippen molar-refractivity contribution in [3.63, 3.8) is 0 Å². The minimum atomic E-state index is -0.000345. The van der Waals surface area contributed by atoms with Crippen molar-refractivity contribution in [2.45, 2.75) is 63.5 Å². The summed E-state index contributed by atoms with van der Waals surface area (Å²) in [6, 6.07) is 14.9. The Morgan fingerprint density at radius 1 is 0.900 bits per heavy atom. The normalized spacial score (nSPS) is 26.4. The zero-order chi connectivity index (χ0) is 20.9. The number of aryl methyl sites for hydroxylation is 1. The molecule has 2 aromatic rings. The molecule has 2 aliphatic rings. The van der Waals surface area contributed by atoms with Gasteiger partial charge in [0.05, 0.1) is 14.2 Å². The number of para-hydroxylation sites is 1. The molecule has 0 saturated heterocycles. The first-order valence-corrected chi connectivity index (χ1v) is 11.4. The lowest BCUT2D eigenvalue weighted by molar-refractivity contribution is 0.0913. The predicted octanol–water partition coefficient (Wildman–Crippen LogP) is 5.68. The summed E-state index contributed by atoms with van der Waals surface area (Å²) in [5, 5.41) is 0. The SMILES string of the molecule is COc1cccc(OC)c1O[C@H]1c2ccccc2CC[C@@H]1CC1CCCC[C@@H](N)C1. The highest BCUT2D eigenvalue weighted by Gasteiger charge is 2.34. The van der Waals surface area contributed by atoms with E-state index in [1.54, 1.807) is 14.2 Å². The Labute approximate surface area is 180 Å². The van der Waals surface area contributed by atoms with Crippen LogP contribution in [-0.2, 0) is 6.42 Å². The lowest BCUT2D eigenvalue weighted by atomic mass is 9.75. The minimum Gasteiger partial charge on any atom is -0.493 e. The lowest BCUT2D eigenvalue weighted by Gasteiger charge is -2.36. The maximum Gasteiger partial charge on any atom is 0.204 e. The summed E-state index contributed by atoms with van der Waals surface area (Å²) in [4.78, 5) is 0. The number of nitrogens with two attached hydrogens (primary N) is 1. The monoisotopic (exact) mass is 409 g/mol. The van der Waals surface area contributed by atoms with E-state index in [0.29, 0.717) is 35.1 Å². The summed E-state index contributed by atoms with van der Waals surface area (Å²) in [7, 11) is 3.36. The minimum absolute atomic E-state index is 0.000345. The van der Waals surface area contributed by atoms with Crippen molar-refractivity contribution in [2.75, 3.05) is 14.2 Å². The molecule has 4 nitrogen and oxygen atoms in total. The fourth-order valence-corrected chi connectivity index (χ4v) is 5.39. The molecular weight excluding hydrogens is 374 g/mol. The van der Waals surface area contributed by atoms with Crippen LogP contribution in [0.15, 0.2) is 42.5 Å². The topological polar surface area (TPSA) is 53.7 Å². The molecule has 4 rings (SSSR count). The van der Waals surface area contributed by atoms with Gasteiger partial charge >= 0.3 is 0 Å². The van der Waals surface area contributed by atoms with Crippen LogP contribution in [0.1, 0.15) is 62.2 Å². The molecular formula is C26H35NO3.